The fraction of sp³-hybridized carbons (Fsp3) is 0.273. The number of aromatic nitrogens is 5. The summed E-state index contributed by atoms with van der Waals surface area (Å²) in [6.45, 7) is 8.10. The van der Waals surface area contributed by atoms with Gasteiger partial charge < -0.3 is 4.74 Å². The van der Waals surface area contributed by atoms with E-state index in [1.807, 2.05) is 29.1 Å². The van der Waals surface area contributed by atoms with E-state index in [1.54, 1.807) is 12.3 Å². The summed E-state index contributed by atoms with van der Waals surface area (Å²) in [5.74, 6) is 0. The molecule has 4 rings (SSSR count). The molecule has 0 amide bonds. The van der Waals surface area contributed by atoms with Crippen LogP contribution in [0.4, 0.5) is 0 Å². The molecule has 4 aromatic rings. The van der Waals surface area contributed by atoms with E-state index in [0.29, 0.717) is 11.9 Å². The topological polar surface area (TPSA) is 65.7 Å². The van der Waals surface area contributed by atoms with Gasteiger partial charge in [-0.05, 0) is 29.8 Å². The van der Waals surface area contributed by atoms with Gasteiger partial charge in [-0.2, -0.15) is 5.10 Å². The quantitative estimate of drug-likeness (QED) is 0.216. The van der Waals surface area contributed by atoms with Crippen molar-refractivity contribution in [2.45, 2.75) is 32.4 Å². The van der Waals surface area contributed by atoms with E-state index in [0.717, 1.165) is 46.1 Å². The molecule has 6 nitrogen and oxygen atoms in total. The first-order valence-electron chi connectivity index (χ1n) is 9.87. The highest BCUT2D eigenvalue weighted by Crippen LogP contribution is 2.32. The maximum atomic E-state index is 6.15. The van der Waals surface area contributed by atoms with Gasteiger partial charge >= 0.3 is 0 Å². The number of hydrogen-bond acceptors (Lipinski definition) is 5. The molecule has 0 aliphatic heterocycles. The molecule has 0 unspecified atom stereocenters. The maximum absolute atomic E-state index is 6.15. The number of benzene rings is 1. The van der Waals surface area contributed by atoms with Crippen LogP contribution in [0, 0.1) is 0 Å². The van der Waals surface area contributed by atoms with Crippen LogP contribution in [-0.2, 0) is 11.5 Å². The van der Waals surface area contributed by atoms with Gasteiger partial charge in [0.05, 0.1) is 16.9 Å². The van der Waals surface area contributed by atoms with E-state index >= 15 is 0 Å². The van der Waals surface area contributed by atoms with E-state index in [-0.39, 0.29) is 0 Å². The number of hydrogen-bond donors (Lipinski definition) is 0. The third-order valence-corrected chi connectivity index (χ3v) is 6.73. The zero-order valence-corrected chi connectivity index (χ0v) is 19.1. The van der Waals surface area contributed by atoms with E-state index in [9.17, 15) is 0 Å². The summed E-state index contributed by atoms with van der Waals surface area (Å²) in [6, 6.07) is 13.0. The molecule has 0 spiro atoms. The highest BCUT2D eigenvalue weighted by molar-refractivity contribution is 6.76. The molecule has 154 valence electrons. The Labute approximate surface area is 181 Å². The Balaban J connectivity index is 1.75. The van der Waals surface area contributed by atoms with Crippen LogP contribution < -0.4 is 0 Å². The number of nitrogens with zero attached hydrogens (tertiary/aromatic N) is 5. The molecule has 0 aliphatic carbocycles. The molecule has 0 atom stereocenters. The van der Waals surface area contributed by atoms with Gasteiger partial charge in [0.2, 0.25) is 0 Å². The van der Waals surface area contributed by atoms with Crippen molar-refractivity contribution in [3.05, 3.63) is 60.3 Å². The van der Waals surface area contributed by atoms with E-state index < -0.39 is 8.07 Å². The smallest absolute Gasteiger partial charge is 0.140 e. The third-order valence-electron chi connectivity index (χ3n) is 4.82. The highest BCUT2D eigenvalue weighted by atomic mass is 35.5. The number of rotatable bonds is 7. The molecule has 0 N–H and O–H groups in total. The minimum absolute atomic E-state index is 0.359. The van der Waals surface area contributed by atoms with Crippen LogP contribution in [0.15, 0.2) is 55.1 Å². The SMILES string of the molecule is C[Si](C)(C)CCOCn1nc2ccc(-c3cccnc3)cc2c1-c1cc(Cl)ncn1. The van der Waals surface area contributed by atoms with Crippen molar-refractivity contribution < 1.29 is 4.74 Å². The average molecular weight is 438 g/mol. The Hall–Kier alpha value is -2.61. The molecule has 3 aromatic heterocycles. The second-order valence-corrected chi connectivity index (χ2v) is 14.4. The lowest BCUT2D eigenvalue weighted by Gasteiger charge is -2.15. The van der Waals surface area contributed by atoms with E-state index in [2.05, 4.69) is 46.7 Å². The molecule has 0 saturated carbocycles. The Morgan fingerprint density at radius 1 is 1.07 bits per heavy atom. The number of halogens is 1. The molecule has 1 aromatic carbocycles. The number of fused-ring (bicyclic) bond motifs is 1. The third kappa shape index (κ3) is 4.75. The molecule has 0 saturated heterocycles. The lowest BCUT2D eigenvalue weighted by atomic mass is 10.0. The Kier molecular flexibility index (Phi) is 5.94. The molecule has 0 bridgehead atoms. The minimum Gasteiger partial charge on any atom is -0.360 e. The number of pyridine rings is 1. The Morgan fingerprint density at radius 2 is 1.93 bits per heavy atom. The van der Waals surface area contributed by atoms with Gasteiger partial charge in [0, 0.05) is 44.1 Å². The van der Waals surface area contributed by atoms with Crippen molar-refractivity contribution in [3.63, 3.8) is 0 Å². The van der Waals surface area contributed by atoms with Gasteiger partial charge in [-0.1, -0.05) is 43.4 Å². The summed E-state index contributed by atoms with van der Waals surface area (Å²) in [4.78, 5) is 12.7. The van der Waals surface area contributed by atoms with Gasteiger partial charge in [-0.25, -0.2) is 14.6 Å². The second kappa shape index (κ2) is 8.63. The first-order chi connectivity index (χ1) is 14.4. The van der Waals surface area contributed by atoms with Crippen LogP contribution >= 0.6 is 11.6 Å². The fourth-order valence-corrected chi connectivity index (χ4v) is 4.10. The fourth-order valence-electron chi connectivity index (χ4n) is 3.20. The summed E-state index contributed by atoms with van der Waals surface area (Å²) >= 11 is 6.15. The molecule has 30 heavy (non-hydrogen) atoms. The second-order valence-electron chi connectivity index (χ2n) is 8.40. The lowest BCUT2D eigenvalue weighted by Crippen LogP contribution is -2.22. The van der Waals surface area contributed by atoms with Crippen LogP contribution in [-0.4, -0.2) is 39.4 Å². The first-order valence-corrected chi connectivity index (χ1v) is 14.0. The van der Waals surface area contributed by atoms with Crippen molar-refractivity contribution in [2.75, 3.05) is 6.61 Å². The largest absolute Gasteiger partial charge is 0.360 e. The van der Waals surface area contributed by atoms with Crippen LogP contribution in [0.1, 0.15) is 0 Å². The maximum Gasteiger partial charge on any atom is 0.140 e. The zero-order valence-electron chi connectivity index (χ0n) is 17.3. The molecule has 0 radical (unpaired) electrons. The molecular formula is C22H24ClN5OSi. The summed E-state index contributed by atoms with van der Waals surface area (Å²) < 4.78 is 7.84. The molecule has 8 heteroatoms. The highest BCUT2D eigenvalue weighted by Gasteiger charge is 2.17. The van der Waals surface area contributed by atoms with Crippen LogP contribution in [0.5, 0.6) is 0 Å². The predicted molar refractivity (Wildman–Crippen MR) is 123 cm³/mol. The Morgan fingerprint density at radius 3 is 2.67 bits per heavy atom. The average Bonchev–Trinajstić information content (AvgIpc) is 3.08. The van der Waals surface area contributed by atoms with Gasteiger partial charge in [0.25, 0.3) is 0 Å². The van der Waals surface area contributed by atoms with Crippen molar-refractivity contribution >= 4 is 30.6 Å². The van der Waals surface area contributed by atoms with Gasteiger partial charge in [0.15, 0.2) is 0 Å². The summed E-state index contributed by atoms with van der Waals surface area (Å²) in [5, 5.41) is 6.15. The van der Waals surface area contributed by atoms with Crippen LogP contribution in [0.3, 0.4) is 0 Å². The van der Waals surface area contributed by atoms with Gasteiger partial charge in [0.1, 0.15) is 18.2 Å². The van der Waals surface area contributed by atoms with Gasteiger partial charge in [-0.3, -0.25) is 4.98 Å². The molecular weight excluding hydrogens is 414 g/mol. The normalized spacial score (nSPS) is 11.9. The van der Waals surface area contributed by atoms with Crippen molar-refractivity contribution in [1.29, 1.82) is 0 Å². The van der Waals surface area contributed by atoms with Crippen molar-refractivity contribution in [1.82, 2.24) is 24.7 Å². The van der Waals surface area contributed by atoms with Crippen molar-refractivity contribution in [3.8, 4) is 22.5 Å². The van der Waals surface area contributed by atoms with E-state index in [1.165, 1.54) is 6.33 Å². The summed E-state index contributed by atoms with van der Waals surface area (Å²) in [5.41, 5.74) is 4.57. The standard InChI is InChI=1S/C22H24ClN5OSi/c1-30(2,3)10-9-29-15-28-22(20-12-21(23)26-14-25-20)18-11-16(6-7-19(18)27-28)17-5-4-8-24-13-17/h4-8,11-14H,9-10,15H2,1-3H3. The van der Waals surface area contributed by atoms with Crippen LogP contribution in [0.2, 0.25) is 30.8 Å². The van der Waals surface area contributed by atoms with Crippen LogP contribution in [0.25, 0.3) is 33.4 Å². The summed E-state index contributed by atoms with van der Waals surface area (Å²) in [6.07, 6.45) is 5.09. The minimum atomic E-state index is -1.16. The predicted octanol–water partition coefficient (Wildman–Crippen LogP) is 5.52. The van der Waals surface area contributed by atoms with E-state index in [4.69, 9.17) is 21.4 Å². The molecule has 3 heterocycles. The molecule has 0 aliphatic rings. The lowest BCUT2D eigenvalue weighted by molar-refractivity contribution is 0.0802. The Bertz CT molecular complexity index is 1160. The van der Waals surface area contributed by atoms with Crippen molar-refractivity contribution in [2.24, 2.45) is 0 Å². The summed E-state index contributed by atoms with van der Waals surface area (Å²) in [7, 11) is -1.16. The molecule has 0 fully saturated rings. The van der Waals surface area contributed by atoms with Gasteiger partial charge in [-0.15, -0.1) is 0 Å². The first kappa shape index (κ1) is 20.7. The monoisotopic (exact) mass is 437 g/mol. The number of ether oxygens (including phenoxy) is 1. The zero-order chi connectivity index (χ0) is 21.1.